The molecule has 0 unspecified atom stereocenters. The van der Waals surface area contributed by atoms with Crippen LogP contribution in [0.1, 0.15) is 34.1 Å². The van der Waals surface area contributed by atoms with Crippen molar-refractivity contribution in [3.8, 4) is 11.1 Å². The number of carbonyl (C=O) groups excluding carboxylic acids is 1. The summed E-state index contributed by atoms with van der Waals surface area (Å²) in [5.41, 5.74) is 2.71. The molecular weight excluding hydrogens is 493 g/mol. The number of hydrazone groups is 1. The predicted octanol–water partition coefficient (Wildman–Crippen LogP) is 6.57. The van der Waals surface area contributed by atoms with Crippen molar-refractivity contribution >= 4 is 34.1 Å². The normalized spacial score (nSPS) is 15.2. The third-order valence-electron chi connectivity index (χ3n) is 6.46. The summed E-state index contributed by atoms with van der Waals surface area (Å²) in [6, 6.07) is 23.2. The predicted molar refractivity (Wildman–Crippen MR) is 140 cm³/mol. The lowest BCUT2D eigenvalue weighted by Gasteiger charge is -2.21. The molecule has 1 aliphatic heterocycles. The van der Waals surface area contributed by atoms with Crippen LogP contribution in [0.5, 0.6) is 0 Å². The number of benzene rings is 3. The van der Waals surface area contributed by atoms with E-state index in [1.807, 2.05) is 36.4 Å². The lowest BCUT2D eigenvalue weighted by molar-refractivity contribution is 0.0676. The standard InChI is InChI=1S/C29H19ClFN3O3/c30-18-13-11-17(12-14-18)26-20-7-2-4-9-22(20)32-28(35)27(26)23-16-24(19-6-1-3-8-21(19)31)34(33-23)29(36)25-10-5-15-37-25/h1-15,24H,16H2,(H,32,35)/t24-/m1/s1. The molecule has 5 aromatic rings. The summed E-state index contributed by atoms with van der Waals surface area (Å²) in [5.74, 6) is -0.929. The summed E-state index contributed by atoms with van der Waals surface area (Å²) in [6.45, 7) is 0. The summed E-state index contributed by atoms with van der Waals surface area (Å²) in [5, 5.41) is 7.18. The minimum Gasteiger partial charge on any atom is -0.459 e. The van der Waals surface area contributed by atoms with Crippen molar-refractivity contribution in [1.29, 1.82) is 0 Å². The molecule has 2 aromatic heterocycles. The summed E-state index contributed by atoms with van der Waals surface area (Å²) >= 11 is 6.14. The Hall–Kier alpha value is -4.49. The SMILES string of the molecule is O=C(c1ccco1)N1N=C(c2c(-c3ccc(Cl)cc3)c3ccccc3[nH]c2=O)C[C@@H]1c1ccccc1F. The maximum Gasteiger partial charge on any atom is 0.310 e. The smallest absolute Gasteiger partial charge is 0.310 e. The quantitative estimate of drug-likeness (QED) is 0.296. The largest absolute Gasteiger partial charge is 0.459 e. The van der Waals surface area contributed by atoms with Crippen LogP contribution in [0.3, 0.4) is 0 Å². The first kappa shape index (κ1) is 22.9. The monoisotopic (exact) mass is 511 g/mol. The molecule has 0 spiro atoms. The van der Waals surface area contributed by atoms with Crippen LogP contribution in [0.25, 0.3) is 22.0 Å². The highest BCUT2D eigenvalue weighted by Crippen LogP contribution is 2.38. The van der Waals surface area contributed by atoms with Crippen molar-refractivity contribution in [1.82, 2.24) is 9.99 Å². The highest BCUT2D eigenvalue weighted by atomic mass is 35.5. The first-order chi connectivity index (χ1) is 18.0. The average Bonchev–Trinajstić information content (AvgIpc) is 3.59. The Kier molecular flexibility index (Phi) is 5.70. The van der Waals surface area contributed by atoms with E-state index in [2.05, 4.69) is 10.1 Å². The van der Waals surface area contributed by atoms with E-state index in [4.69, 9.17) is 16.0 Å². The number of furan rings is 1. The molecule has 0 saturated heterocycles. The molecule has 6 rings (SSSR count). The first-order valence-corrected chi connectivity index (χ1v) is 12.0. The number of amides is 1. The van der Waals surface area contributed by atoms with E-state index in [9.17, 15) is 14.0 Å². The molecule has 1 N–H and O–H groups in total. The van der Waals surface area contributed by atoms with Crippen molar-refractivity contribution < 1.29 is 13.6 Å². The van der Waals surface area contributed by atoms with Crippen molar-refractivity contribution in [2.45, 2.75) is 12.5 Å². The number of carbonyl (C=O) groups is 1. The number of rotatable bonds is 4. The van der Waals surface area contributed by atoms with Gasteiger partial charge in [0.1, 0.15) is 5.82 Å². The molecule has 0 bridgehead atoms. The maximum absolute atomic E-state index is 14.9. The van der Waals surface area contributed by atoms with Gasteiger partial charge in [-0.05, 0) is 42.0 Å². The Morgan fingerprint density at radius 1 is 0.973 bits per heavy atom. The number of fused-ring (bicyclic) bond motifs is 1. The molecule has 8 heteroatoms. The second-order valence-electron chi connectivity index (χ2n) is 8.67. The Balaban J connectivity index is 1.58. The van der Waals surface area contributed by atoms with E-state index in [1.165, 1.54) is 23.4 Å². The van der Waals surface area contributed by atoms with Crippen LogP contribution < -0.4 is 5.56 Å². The Labute approximate surface area is 215 Å². The van der Waals surface area contributed by atoms with Crippen LogP contribution in [0.4, 0.5) is 4.39 Å². The van der Waals surface area contributed by atoms with E-state index < -0.39 is 17.8 Å². The zero-order valence-electron chi connectivity index (χ0n) is 19.3. The van der Waals surface area contributed by atoms with Gasteiger partial charge in [0.05, 0.1) is 23.6 Å². The third-order valence-corrected chi connectivity index (χ3v) is 6.71. The van der Waals surface area contributed by atoms with Gasteiger partial charge in [-0.1, -0.05) is 60.1 Å². The second kappa shape index (κ2) is 9.19. The van der Waals surface area contributed by atoms with Gasteiger partial charge in [-0.3, -0.25) is 9.59 Å². The Morgan fingerprint density at radius 2 is 1.73 bits per heavy atom. The lowest BCUT2D eigenvalue weighted by atomic mass is 9.91. The van der Waals surface area contributed by atoms with E-state index in [1.54, 1.807) is 36.4 Å². The van der Waals surface area contributed by atoms with E-state index >= 15 is 0 Å². The zero-order valence-corrected chi connectivity index (χ0v) is 20.1. The zero-order chi connectivity index (χ0) is 25.5. The van der Waals surface area contributed by atoms with Gasteiger partial charge in [-0.2, -0.15) is 5.10 Å². The summed E-state index contributed by atoms with van der Waals surface area (Å²) in [4.78, 5) is 29.8. The topological polar surface area (TPSA) is 78.7 Å². The highest BCUT2D eigenvalue weighted by Gasteiger charge is 2.37. The second-order valence-corrected chi connectivity index (χ2v) is 9.11. The number of para-hydroxylation sites is 1. The van der Waals surface area contributed by atoms with Crippen LogP contribution in [-0.4, -0.2) is 21.6 Å². The number of H-pyrrole nitrogens is 1. The fourth-order valence-electron chi connectivity index (χ4n) is 4.78. The number of aromatic nitrogens is 1. The third kappa shape index (κ3) is 4.03. The fraction of sp³-hybridized carbons (Fsp3) is 0.0690. The summed E-state index contributed by atoms with van der Waals surface area (Å²) in [6.07, 6.45) is 1.52. The van der Waals surface area contributed by atoms with Gasteiger partial charge in [0, 0.05) is 33.5 Å². The molecule has 0 radical (unpaired) electrons. The Morgan fingerprint density at radius 3 is 2.49 bits per heavy atom. The molecular formula is C29H19ClFN3O3. The summed E-state index contributed by atoms with van der Waals surface area (Å²) < 4.78 is 20.2. The van der Waals surface area contributed by atoms with Crippen molar-refractivity contribution in [2.24, 2.45) is 5.10 Å². The van der Waals surface area contributed by atoms with Gasteiger partial charge < -0.3 is 9.40 Å². The number of aromatic amines is 1. The molecule has 1 aliphatic rings. The maximum atomic E-state index is 14.9. The van der Waals surface area contributed by atoms with Crippen molar-refractivity contribution in [3.63, 3.8) is 0 Å². The van der Waals surface area contributed by atoms with Gasteiger partial charge in [-0.25, -0.2) is 9.40 Å². The van der Waals surface area contributed by atoms with E-state index in [-0.39, 0.29) is 17.7 Å². The molecule has 37 heavy (non-hydrogen) atoms. The van der Waals surface area contributed by atoms with Crippen molar-refractivity contribution in [3.05, 3.63) is 129 Å². The molecule has 0 fully saturated rings. The number of hydrogen-bond acceptors (Lipinski definition) is 4. The molecule has 1 amide bonds. The average molecular weight is 512 g/mol. The highest BCUT2D eigenvalue weighted by molar-refractivity contribution is 6.30. The number of halogens is 2. The van der Waals surface area contributed by atoms with Crippen LogP contribution in [0, 0.1) is 5.82 Å². The van der Waals surface area contributed by atoms with E-state index in [0.717, 1.165) is 10.9 Å². The van der Waals surface area contributed by atoms with Gasteiger partial charge in [0.15, 0.2) is 5.76 Å². The summed E-state index contributed by atoms with van der Waals surface area (Å²) in [7, 11) is 0. The Bertz CT molecular complexity index is 1730. The van der Waals surface area contributed by atoms with E-state index in [0.29, 0.717) is 32.9 Å². The van der Waals surface area contributed by atoms with Gasteiger partial charge in [0.2, 0.25) is 0 Å². The lowest BCUT2D eigenvalue weighted by Crippen LogP contribution is -2.27. The minimum atomic E-state index is -0.766. The molecule has 0 saturated carbocycles. The number of nitrogens with one attached hydrogen (secondary N) is 1. The molecule has 3 heterocycles. The molecule has 6 nitrogen and oxygen atoms in total. The first-order valence-electron chi connectivity index (χ1n) is 11.6. The van der Waals surface area contributed by atoms with Gasteiger partial charge >= 0.3 is 5.91 Å². The van der Waals surface area contributed by atoms with Gasteiger partial charge in [0.25, 0.3) is 5.56 Å². The van der Waals surface area contributed by atoms with Crippen molar-refractivity contribution in [2.75, 3.05) is 0 Å². The number of hydrogen-bond donors (Lipinski definition) is 1. The molecule has 0 aliphatic carbocycles. The van der Waals surface area contributed by atoms with Crippen LogP contribution in [0.2, 0.25) is 5.02 Å². The van der Waals surface area contributed by atoms with Gasteiger partial charge in [-0.15, -0.1) is 0 Å². The van der Waals surface area contributed by atoms with Crippen LogP contribution in [-0.2, 0) is 0 Å². The minimum absolute atomic E-state index is 0.0664. The van der Waals surface area contributed by atoms with Crippen LogP contribution in [0.15, 0.2) is 106 Å². The van der Waals surface area contributed by atoms with Crippen LogP contribution >= 0.6 is 11.6 Å². The number of nitrogens with zero attached hydrogens (tertiary/aromatic N) is 2. The fourth-order valence-corrected chi connectivity index (χ4v) is 4.91. The number of pyridine rings is 1. The molecule has 3 aromatic carbocycles. The molecule has 1 atom stereocenters. The molecule has 182 valence electrons.